The van der Waals surface area contributed by atoms with Gasteiger partial charge in [0.25, 0.3) is 5.91 Å². The van der Waals surface area contributed by atoms with Gasteiger partial charge in [0, 0.05) is 37.8 Å². The van der Waals surface area contributed by atoms with Gasteiger partial charge in [-0.1, -0.05) is 6.07 Å². The lowest BCUT2D eigenvalue weighted by Crippen LogP contribution is -2.50. The standard InChI is InChI=1S/C19H28N2O3/c1-14-11-20(12-15(2)24-14)13-17-7-5-9-21(17)19(22)16-6-4-8-18(10-16)23-3/h4,6,8,10,14-15,17H,5,7,9,11-13H2,1-3H3/t14-,15-,17-/m1/s1. The van der Waals surface area contributed by atoms with Gasteiger partial charge >= 0.3 is 0 Å². The predicted molar refractivity (Wildman–Crippen MR) is 93.5 cm³/mol. The minimum atomic E-state index is 0.116. The van der Waals surface area contributed by atoms with Crippen LogP contribution in [0, 0.1) is 0 Å². The fraction of sp³-hybridized carbons (Fsp3) is 0.632. The summed E-state index contributed by atoms with van der Waals surface area (Å²) in [5, 5.41) is 0. The number of amides is 1. The Labute approximate surface area is 144 Å². The van der Waals surface area contributed by atoms with Crippen LogP contribution in [0.2, 0.25) is 0 Å². The lowest BCUT2D eigenvalue weighted by atomic mass is 10.1. The summed E-state index contributed by atoms with van der Waals surface area (Å²) in [7, 11) is 1.63. The number of rotatable bonds is 4. The zero-order chi connectivity index (χ0) is 17.1. The number of hydrogen-bond acceptors (Lipinski definition) is 4. The third-order valence-corrected chi connectivity index (χ3v) is 4.92. The summed E-state index contributed by atoms with van der Waals surface area (Å²) in [6.45, 7) is 7.92. The number of carbonyl (C=O) groups excluding carboxylic acids is 1. The van der Waals surface area contributed by atoms with Crippen LogP contribution in [-0.4, -0.2) is 67.2 Å². The Hall–Kier alpha value is -1.59. The Morgan fingerprint density at radius 1 is 1.29 bits per heavy atom. The lowest BCUT2D eigenvalue weighted by Gasteiger charge is -2.38. The van der Waals surface area contributed by atoms with Crippen molar-refractivity contribution >= 4 is 5.91 Å². The summed E-state index contributed by atoms with van der Waals surface area (Å²) < 4.78 is 11.1. The van der Waals surface area contributed by atoms with Gasteiger partial charge in [-0.15, -0.1) is 0 Å². The van der Waals surface area contributed by atoms with Crippen molar-refractivity contribution < 1.29 is 14.3 Å². The molecule has 2 aliphatic rings. The highest BCUT2D eigenvalue weighted by molar-refractivity contribution is 5.95. The average Bonchev–Trinajstić information content (AvgIpc) is 3.01. The van der Waals surface area contributed by atoms with E-state index in [9.17, 15) is 4.79 Å². The molecule has 3 rings (SSSR count). The van der Waals surface area contributed by atoms with Crippen molar-refractivity contribution in [3.8, 4) is 5.75 Å². The molecule has 0 bridgehead atoms. The highest BCUT2D eigenvalue weighted by Gasteiger charge is 2.32. The second-order valence-electron chi connectivity index (χ2n) is 7.00. The van der Waals surface area contributed by atoms with Crippen molar-refractivity contribution in [2.75, 3.05) is 33.3 Å². The summed E-state index contributed by atoms with van der Waals surface area (Å²) >= 11 is 0. The molecule has 1 aromatic carbocycles. The van der Waals surface area contributed by atoms with Crippen molar-refractivity contribution in [1.29, 1.82) is 0 Å². The van der Waals surface area contributed by atoms with Crippen LogP contribution in [0.3, 0.4) is 0 Å². The average molecular weight is 332 g/mol. The molecule has 0 unspecified atom stereocenters. The SMILES string of the molecule is COc1cccc(C(=O)N2CCC[C@@H]2CN2C[C@@H](C)O[C@H](C)C2)c1. The number of morpholine rings is 1. The van der Waals surface area contributed by atoms with Crippen molar-refractivity contribution in [2.24, 2.45) is 0 Å². The lowest BCUT2D eigenvalue weighted by molar-refractivity contribution is -0.0715. The molecule has 2 saturated heterocycles. The van der Waals surface area contributed by atoms with Gasteiger partial charge in [0.15, 0.2) is 0 Å². The number of ether oxygens (including phenoxy) is 2. The van der Waals surface area contributed by atoms with Gasteiger partial charge in [-0.25, -0.2) is 0 Å². The summed E-state index contributed by atoms with van der Waals surface area (Å²) in [4.78, 5) is 17.4. The fourth-order valence-electron chi connectivity index (χ4n) is 3.95. The van der Waals surface area contributed by atoms with Crippen molar-refractivity contribution in [2.45, 2.75) is 44.9 Å². The molecular weight excluding hydrogens is 304 g/mol. The first-order valence-corrected chi connectivity index (χ1v) is 8.89. The molecule has 0 aliphatic carbocycles. The van der Waals surface area contributed by atoms with E-state index in [0.29, 0.717) is 11.6 Å². The van der Waals surface area contributed by atoms with Crippen LogP contribution < -0.4 is 4.74 Å². The van der Waals surface area contributed by atoms with E-state index >= 15 is 0 Å². The van der Waals surface area contributed by atoms with E-state index in [-0.39, 0.29) is 18.1 Å². The maximum absolute atomic E-state index is 12.9. The maximum Gasteiger partial charge on any atom is 0.254 e. The molecule has 2 fully saturated rings. The van der Waals surface area contributed by atoms with Crippen LogP contribution in [0.5, 0.6) is 5.75 Å². The zero-order valence-electron chi connectivity index (χ0n) is 14.9. The van der Waals surface area contributed by atoms with Gasteiger partial charge in [0.05, 0.1) is 19.3 Å². The number of methoxy groups -OCH3 is 1. The van der Waals surface area contributed by atoms with Gasteiger partial charge in [0.2, 0.25) is 0 Å². The first kappa shape index (κ1) is 17.2. The molecule has 132 valence electrons. The Morgan fingerprint density at radius 2 is 2.04 bits per heavy atom. The van der Waals surface area contributed by atoms with E-state index in [2.05, 4.69) is 18.7 Å². The van der Waals surface area contributed by atoms with Crippen LogP contribution in [0.4, 0.5) is 0 Å². The molecule has 24 heavy (non-hydrogen) atoms. The first-order chi connectivity index (χ1) is 11.6. The van der Waals surface area contributed by atoms with E-state index in [1.807, 2.05) is 29.2 Å². The highest BCUT2D eigenvalue weighted by Crippen LogP contribution is 2.24. The molecule has 5 heteroatoms. The predicted octanol–water partition coefficient (Wildman–Crippen LogP) is 2.41. The number of benzene rings is 1. The van der Waals surface area contributed by atoms with E-state index < -0.39 is 0 Å². The molecule has 5 nitrogen and oxygen atoms in total. The van der Waals surface area contributed by atoms with Crippen LogP contribution in [0.1, 0.15) is 37.0 Å². The summed E-state index contributed by atoms with van der Waals surface area (Å²) in [6, 6.07) is 7.74. The zero-order valence-corrected chi connectivity index (χ0v) is 14.9. The van der Waals surface area contributed by atoms with E-state index in [1.54, 1.807) is 7.11 Å². The monoisotopic (exact) mass is 332 g/mol. The van der Waals surface area contributed by atoms with Crippen LogP contribution in [0.15, 0.2) is 24.3 Å². The van der Waals surface area contributed by atoms with E-state index in [4.69, 9.17) is 9.47 Å². The van der Waals surface area contributed by atoms with Crippen LogP contribution in [0.25, 0.3) is 0 Å². The summed E-state index contributed by atoms with van der Waals surface area (Å²) in [5.74, 6) is 0.846. The number of hydrogen-bond donors (Lipinski definition) is 0. The van der Waals surface area contributed by atoms with Gasteiger partial charge in [-0.2, -0.15) is 0 Å². The molecule has 1 amide bonds. The van der Waals surface area contributed by atoms with Gasteiger partial charge in [-0.3, -0.25) is 9.69 Å². The topological polar surface area (TPSA) is 42.0 Å². The fourth-order valence-corrected chi connectivity index (χ4v) is 3.95. The molecule has 0 N–H and O–H groups in total. The van der Waals surface area contributed by atoms with Crippen molar-refractivity contribution in [3.05, 3.63) is 29.8 Å². The number of nitrogens with zero attached hydrogens (tertiary/aromatic N) is 2. The normalized spacial score (nSPS) is 28.1. The second kappa shape index (κ2) is 7.53. The molecule has 2 aliphatic heterocycles. The van der Waals surface area contributed by atoms with Crippen molar-refractivity contribution in [1.82, 2.24) is 9.80 Å². The molecule has 2 heterocycles. The van der Waals surface area contributed by atoms with E-state index in [0.717, 1.165) is 44.8 Å². The van der Waals surface area contributed by atoms with Gasteiger partial charge in [0.1, 0.15) is 5.75 Å². The molecule has 0 spiro atoms. The Kier molecular flexibility index (Phi) is 5.41. The minimum Gasteiger partial charge on any atom is -0.497 e. The quantitative estimate of drug-likeness (QED) is 0.849. The van der Waals surface area contributed by atoms with E-state index in [1.165, 1.54) is 0 Å². The summed E-state index contributed by atoms with van der Waals surface area (Å²) in [5.41, 5.74) is 0.713. The van der Waals surface area contributed by atoms with Gasteiger partial charge in [-0.05, 0) is 44.9 Å². The molecule has 1 aromatic rings. The third-order valence-electron chi connectivity index (χ3n) is 4.92. The Bertz CT molecular complexity index is 567. The smallest absolute Gasteiger partial charge is 0.254 e. The molecular formula is C19H28N2O3. The number of carbonyl (C=O) groups is 1. The number of likely N-dealkylation sites (tertiary alicyclic amines) is 1. The van der Waals surface area contributed by atoms with Crippen LogP contribution in [-0.2, 0) is 4.74 Å². The molecule has 0 aromatic heterocycles. The first-order valence-electron chi connectivity index (χ1n) is 8.89. The van der Waals surface area contributed by atoms with Crippen molar-refractivity contribution in [3.63, 3.8) is 0 Å². The largest absolute Gasteiger partial charge is 0.497 e. The van der Waals surface area contributed by atoms with Gasteiger partial charge < -0.3 is 14.4 Å². The molecule has 3 atom stereocenters. The minimum absolute atomic E-state index is 0.116. The Balaban J connectivity index is 1.67. The second-order valence-corrected chi connectivity index (χ2v) is 7.00. The Morgan fingerprint density at radius 3 is 2.75 bits per heavy atom. The third kappa shape index (κ3) is 3.90. The molecule has 0 radical (unpaired) electrons. The maximum atomic E-state index is 12.9. The van der Waals surface area contributed by atoms with Crippen LogP contribution >= 0.6 is 0 Å². The molecule has 0 saturated carbocycles. The summed E-state index contributed by atoms with van der Waals surface area (Å²) in [6.07, 6.45) is 2.68. The highest BCUT2D eigenvalue weighted by atomic mass is 16.5.